The first-order valence-corrected chi connectivity index (χ1v) is 8.85. The van der Waals surface area contributed by atoms with Crippen molar-refractivity contribution < 1.29 is 4.79 Å². The minimum atomic E-state index is -0.0737. The quantitative estimate of drug-likeness (QED) is 0.873. The lowest BCUT2D eigenvalue weighted by atomic mass is 10.0. The van der Waals surface area contributed by atoms with E-state index in [9.17, 15) is 4.79 Å². The number of carbonyl (C=O) groups is 1. The third-order valence-corrected chi connectivity index (χ3v) is 5.52. The molecule has 1 amide bonds. The normalized spacial score (nSPS) is 17.8. The number of nitrogens with one attached hydrogen (secondary N) is 2. The van der Waals surface area contributed by atoms with Gasteiger partial charge < -0.3 is 10.6 Å². The molecule has 0 saturated carbocycles. The van der Waals surface area contributed by atoms with Crippen LogP contribution < -0.4 is 10.6 Å². The fraction of sp³-hybridized carbons (Fsp3) is 0.467. The zero-order valence-corrected chi connectivity index (χ0v) is 15.1. The van der Waals surface area contributed by atoms with E-state index in [4.69, 9.17) is 0 Å². The third-order valence-electron chi connectivity index (χ3n) is 3.63. The molecule has 2 aromatic heterocycles. The molecule has 3 rings (SSSR count). The van der Waals surface area contributed by atoms with Gasteiger partial charge in [-0.25, -0.2) is 4.98 Å². The number of halogens is 1. The van der Waals surface area contributed by atoms with Crippen molar-refractivity contribution in [3.05, 3.63) is 21.9 Å². The van der Waals surface area contributed by atoms with Gasteiger partial charge in [-0.1, -0.05) is 6.42 Å². The second-order valence-electron chi connectivity index (χ2n) is 5.33. The molecule has 1 atom stereocenters. The van der Waals surface area contributed by atoms with Crippen molar-refractivity contribution >= 4 is 46.1 Å². The Morgan fingerprint density at radius 3 is 2.77 bits per heavy atom. The number of hydrogen-bond acceptors (Lipinski definition) is 5. The van der Waals surface area contributed by atoms with E-state index in [1.807, 2.05) is 0 Å². The largest absolute Gasteiger partial charge is 0.306 e. The van der Waals surface area contributed by atoms with Gasteiger partial charge in [-0.3, -0.25) is 4.79 Å². The number of thiophene rings is 1. The summed E-state index contributed by atoms with van der Waals surface area (Å²) in [7, 11) is 0. The number of thiazole rings is 1. The molecule has 7 heteroatoms. The van der Waals surface area contributed by atoms with E-state index in [-0.39, 0.29) is 24.4 Å². The molecular weight excluding hydrogens is 338 g/mol. The van der Waals surface area contributed by atoms with Crippen LogP contribution in [0.3, 0.4) is 0 Å². The van der Waals surface area contributed by atoms with Crippen LogP contribution in [0, 0.1) is 13.8 Å². The monoisotopic (exact) mass is 357 g/mol. The zero-order chi connectivity index (χ0) is 14.8. The summed E-state index contributed by atoms with van der Waals surface area (Å²) < 4.78 is 0. The maximum absolute atomic E-state index is 12.2. The van der Waals surface area contributed by atoms with Crippen LogP contribution in [0.25, 0.3) is 10.6 Å². The number of carbonyl (C=O) groups excluding carboxylic acids is 1. The summed E-state index contributed by atoms with van der Waals surface area (Å²) in [5.74, 6) is 0.0392. The Kier molecular flexibility index (Phi) is 5.97. The van der Waals surface area contributed by atoms with E-state index in [0.717, 1.165) is 41.3 Å². The summed E-state index contributed by atoms with van der Waals surface area (Å²) in [5.41, 5.74) is 0.991. The average Bonchev–Trinajstić information content (AvgIpc) is 3.06. The molecular formula is C15H20ClN3OS2. The zero-order valence-electron chi connectivity index (χ0n) is 12.6. The lowest BCUT2D eigenvalue weighted by Crippen LogP contribution is -2.43. The molecule has 0 bridgehead atoms. The number of rotatable bonds is 3. The SMILES string of the molecule is Cc1ccc(-c2nc(NC(=O)C3CCCCN3)sc2C)s1.Cl. The van der Waals surface area contributed by atoms with E-state index in [0.29, 0.717) is 5.13 Å². The molecule has 0 radical (unpaired) electrons. The average molecular weight is 358 g/mol. The van der Waals surface area contributed by atoms with Crippen LogP contribution in [-0.2, 0) is 4.79 Å². The van der Waals surface area contributed by atoms with Gasteiger partial charge in [0, 0.05) is 9.75 Å². The van der Waals surface area contributed by atoms with Gasteiger partial charge in [0.2, 0.25) is 5.91 Å². The molecule has 2 aromatic rings. The number of nitrogens with zero attached hydrogens (tertiary/aromatic N) is 1. The highest BCUT2D eigenvalue weighted by molar-refractivity contribution is 7.18. The number of amides is 1. The van der Waals surface area contributed by atoms with E-state index in [1.165, 1.54) is 4.88 Å². The van der Waals surface area contributed by atoms with E-state index in [2.05, 4.69) is 41.6 Å². The highest BCUT2D eigenvalue weighted by Gasteiger charge is 2.22. The van der Waals surface area contributed by atoms with Gasteiger partial charge in [-0.05, 0) is 45.4 Å². The topological polar surface area (TPSA) is 54.0 Å². The van der Waals surface area contributed by atoms with Crippen molar-refractivity contribution in [1.82, 2.24) is 10.3 Å². The highest BCUT2D eigenvalue weighted by atomic mass is 35.5. The predicted octanol–water partition coefficient (Wildman–Crippen LogP) is 3.99. The van der Waals surface area contributed by atoms with E-state index in [1.54, 1.807) is 22.7 Å². The van der Waals surface area contributed by atoms with Gasteiger partial charge in [-0.15, -0.1) is 35.1 Å². The van der Waals surface area contributed by atoms with Crippen molar-refractivity contribution in [2.24, 2.45) is 0 Å². The molecule has 2 N–H and O–H groups in total. The molecule has 120 valence electrons. The molecule has 3 heterocycles. The Bertz CT molecular complexity index is 647. The van der Waals surface area contributed by atoms with Gasteiger partial charge in [0.25, 0.3) is 0 Å². The van der Waals surface area contributed by atoms with Gasteiger partial charge >= 0.3 is 0 Å². The summed E-state index contributed by atoms with van der Waals surface area (Å²) in [4.78, 5) is 20.4. The maximum Gasteiger partial charge on any atom is 0.243 e. The summed E-state index contributed by atoms with van der Waals surface area (Å²) in [5, 5.41) is 6.92. The van der Waals surface area contributed by atoms with Gasteiger partial charge in [0.15, 0.2) is 5.13 Å². The van der Waals surface area contributed by atoms with Gasteiger partial charge in [-0.2, -0.15) is 0 Å². The molecule has 0 spiro atoms. The lowest BCUT2D eigenvalue weighted by molar-refractivity contribution is -0.118. The van der Waals surface area contributed by atoms with Crippen molar-refractivity contribution in [2.45, 2.75) is 39.2 Å². The van der Waals surface area contributed by atoms with Crippen LogP contribution >= 0.6 is 35.1 Å². The molecule has 1 saturated heterocycles. The first-order chi connectivity index (χ1) is 10.1. The van der Waals surface area contributed by atoms with Crippen LogP contribution in [0.1, 0.15) is 29.0 Å². The number of hydrogen-bond donors (Lipinski definition) is 2. The first-order valence-electron chi connectivity index (χ1n) is 7.22. The number of aryl methyl sites for hydroxylation is 2. The summed E-state index contributed by atoms with van der Waals surface area (Å²) in [6.45, 7) is 5.07. The predicted molar refractivity (Wildman–Crippen MR) is 96.4 cm³/mol. The molecule has 1 aliphatic heterocycles. The second-order valence-corrected chi connectivity index (χ2v) is 7.82. The molecule has 1 unspecified atom stereocenters. The number of aromatic nitrogens is 1. The molecule has 0 aliphatic carbocycles. The van der Waals surface area contributed by atoms with Crippen molar-refractivity contribution in [3.8, 4) is 10.6 Å². The van der Waals surface area contributed by atoms with Crippen molar-refractivity contribution in [3.63, 3.8) is 0 Å². The molecule has 0 aromatic carbocycles. The minimum absolute atomic E-state index is 0. The summed E-state index contributed by atoms with van der Waals surface area (Å²) in [6.07, 6.45) is 3.18. The standard InChI is InChI=1S/C15H19N3OS2.ClH/c1-9-6-7-12(20-9)13-10(2)21-15(17-13)18-14(19)11-5-3-4-8-16-11;/h6-7,11,16H,3-5,8H2,1-2H3,(H,17,18,19);1H. The molecule has 22 heavy (non-hydrogen) atoms. The van der Waals surface area contributed by atoms with Gasteiger partial charge in [0.05, 0.1) is 16.6 Å². The van der Waals surface area contributed by atoms with Crippen LogP contribution in [-0.4, -0.2) is 23.5 Å². The maximum atomic E-state index is 12.2. The number of piperidine rings is 1. The van der Waals surface area contributed by atoms with Gasteiger partial charge in [0.1, 0.15) is 0 Å². The Hall–Kier alpha value is -0.950. The summed E-state index contributed by atoms with van der Waals surface area (Å²) >= 11 is 3.28. The Balaban J connectivity index is 0.00000176. The Morgan fingerprint density at radius 2 is 2.14 bits per heavy atom. The van der Waals surface area contributed by atoms with Crippen molar-refractivity contribution in [1.29, 1.82) is 0 Å². The molecule has 1 aliphatic rings. The molecule has 1 fully saturated rings. The van der Waals surface area contributed by atoms with Crippen LogP contribution in [0.4, 0.5) is 5.13 Å². The highest BCUT2D eigenvalue weighted by Crippen LogP contribution is 2.34. The lowest BCUT2D eigenvalue weighted by Gasteiger charge is -2.21. The fourth-order valence-corrected chi connectivity index (χ4v) is 4.32. The minimum Gasteiger partial charge on any atom is -0.306 e. The van der Waals surface area contributed by atoms with Crippen LogP contribution in [0.5, 0.6) is 0 Å². The summed E-state index contributed by atoms with van der Waals surface area (Å²) in [6, 6.07) is 4.12. The second kappa shape index (κ2) is 7.55. The smallest absolute Gasteiger partial charge is 0.243 e. The third kappa shape index (κ3) is 3.87. The first kappa shape index (κ1) is 17.4. The van der Waals surface area contributed by atoms with Crippen LogP contribution in [0.15, 0.2) is 12.1 Å². The fourth-order valence-electron chi connectivity index (χ4n) is 2.51. The van der Waals surface area contributed by atoms with E-state index >= 15 is 0 Å². The molecule has 4 nitrogen and oxygen atoms in total. The Morgan fingerprint density at radius 1 is 1.32 bits per heavy atom. The van der Waals surface area contributed by atoms with E-state index < -0.39 is 0 Å². The Labute approximate surface area is 144 Å². The van der Waals surface area contributed by atoms with Crippen molar-refractivity contribution in [2.75, 3.05) is 11.9 Å². The van der Waals surface area contributed by atoms with Crippen LogP contribution in [0.2, 0.25) is 0 Å². The number of anilines is 1.